The fraction of sp³-hybridized carbons (Fsp3) is 0.722. The quantitative estimate of drug-likeness (QED) is 0.284. The Balaban J connectivity index is 0.00000364. The first-order valence-corrected chi connectivity index (χ1v) is 10.4. The molecular weight excluding hydrogens is 475 g/mol. The Kier molecular flexibility index (Phi) is 11.8. The highest BCUT2D eigenvalue weighted by Crippen LogP contribution is 2.11. The van der Waals surface area contributed by atoms with Crippen molar-refractivity contribution in [3.63, 3.8) is 0 Å². The van der Waals surface area contributed by atoms with E-state index in [4.69, 9.17) is 0 Å². The van der Waals surface area contributed by atoms with Crippen molar-refractivity contribution < 1.29 is 4.79 Å². The highest BCUT2D eigenvalue weighted by Gasteiger charge is 2.21. The molecule has 0 aromatic carbocycles. The average molecular weight is 508 g/mol. The number of likely N-dealkylation sites (tertiary alicyclic amines) is 1. The number of hydrogen-bond donors (Lipinski definition) is 3. The van der Waals surface area contributed by atoms with Crippen molar-refractivity contribution in [3.8, 4) is 0 Å². The van der Waals surface area contributed by atoms with Crippen LogP contribution in [0.25, 0.3) is 0 Å². The molecule has 0 aliphatic carbocycles. The van der Waals surface area contributed by atoms with Crippen LogP contribution in [0.1, 0.15) is 43.8 Å². The van der Waals surface area contributed by atoms with Crippen LogP contribution in [-0.2, 0) is 17.8 Å². The lowest BCUT2D eigenvalue weighted by Gasteiger charge is -2.32. The molecule has 154 valence electrons. The van der Waals surface area contributed by atoms with Crippen LogP contribution in [0.15, 0.2) is 10.4 Å². The van der Waals surface area contributed by atoms with E-state index in [0.29, 0.717) is 19.1 Å². The Bertz CT molecular complexity index is 586. The highest BCUT2D eigenvalue weighted by molar-refractivity contribution is 14.0. The molecule has 1 saturated heterocycles. The third-order valence-corrected chi connectivity index (χ3v) is 5.47. The minimum absolute atomic E-state index is 0. The topological polar surface area (TPSA) is 81.7 Å². The monoisotopic (exact) mass is 508 g/mol. The number of rotatable bonds is 8. The van der Waals surface area contributed by atoms with E-state index in [9.17, 15) is 4.79 Å². The van der Waals surface area contributed by atoms with Gasteiger partial charge in [-0.15, -0.1) is 35.3 Å². The van der Waals surface area contributed by atoms with E-state index in [-0.39, 0.29) is 29.9 Å². The summed E-state index contributed by atoms with van der Waals surface area (Å²) in [7, 11) is 1.79. The van der Waals surface area contributed by atoms with Crippen LogP contribution < -0.4 is 16.0 Å². The van der Waals surface area contributed by atoms with Crippen LogP contribution in [0.2, 0.25) is 0 Å². The molecule has 1 aliphatic rings. The van der Waals surface area contributed by atoms with Gasteiger partial charge < -0.3 is 16.0 Å². The van der Waals surface area contributed by atoms with Gasteiger partial charge in [-0.2, -0.15) is 0 Å². The van der Waals surface area contributed by atoms with Crippen LogP contribution in [0.3, 0.4) is 0 Å². The van der Waals surface area contributed by atoms with Gasteiger partial charge in [0.25, 0.3) is 0 Å². The number of aryl methyl sites for hydroxylation is 1. The predicted molar refractivity (Wildman–Crippen MR) is 123 cm³/mol. The fourth-order valence-corrected chi connectivity index (χ4v) is 3.66. The summed E-state index contributed by atoms with van der Waals surface area (Å²) in [6.07, 6.45) is 3.98. The van der Waals surface area contributed by atoms with Gasteiger partial charge in [0, 0.05) is 38.1 Å². The first kappa shape index (κ1) is 24.1. The molecule has 0 radical (unpaired) electrons. The Morgan fingerprint density at radius 1 is 1.33 bits per heavy atom. The number of nitrogens with one attached hydrogen (secondary N) is 3. The van der Waals surface area contributed by atoms with Gasteiger partial charge >= 0.3 is 0 Å². The zero-order valence-corrected chi connectivity index (χ0v) is 19.7. The number of hydrogen-bond acceptors (Lipinski definition) is 5. The van der Waals surface area contributed by atoms with E-state index in [1.165, 1.54) is 5.01 Å². The molecule has 0 saturated carbocycles. The van der Waals surface area contributed by atoms with E-state index in [1.807, 2.05) is 0 Å². The first-order chi connectivity index (χ1) is 12.6. The number of thiazole rings is 1. The maximum absolute atomic E-state index is 11.8. The fourth-order valence-electron chi connectivity index (χ4n) is 2.91. The summed E-state index contributed by atoms with van der Waals surface area (Å²) in [5.74, 6) is 0.945. The first-order valence-electron chi connectivity index (χ1n) is 9.54. The van der Waals surface area contributed by atoms with Crippen molar-refractivity contribution in [3.05, 3.63) is 16.1 Å². The molecule has 2 rings (SSSR count). The SMILES string of the molecule is CCCNC(=O)CN1CCC(NC(=NC)NCc2csc(CC)n2)CC1.I. The lowest BCUT2D eigenvalue weighted by Crippen LogP contribution is -2.50. The van der Waals surface area contributed by atoms with Gasteiger partial charge in [0.2, 0.25) is 5.91 Å². The summed E-state index contributed by atoms with van der Waals surface area (Å²) in [6, 6.07) is 0.387. The van der Waals surface area contributed by atoms with Crippen molar-refractivity contribution in [2.75, 3.05) is 33.2 Å². The van der Waals surface area contributed by atoms with E-state index in [2.05, 4.69) is 50.1 Å². The molecule has 1 aromatic heterocycles. The van der Waals surface area contributed by atoms with Gasteiger partial charge in [0.05, 0.1) is 23.8 Å². The van der Waals surface area contributed by atoms with Crippen molar-refractivity contribution in [1.29, 1.82) is 0 Å². The van der Waals surface area contributed by atoms with Crippen LogP contribution in [0.5, 0.6) is 0 Å². The van der Waals surface area contributed by atoms with E-state index < -0.39 is 0 Å². The molecule has 9 heteroatoms. The second-order valence-electron chi connectivity index (χ2n) is 6.56. The standard InChI is InChI=1S/C18H32N6OS.HI/c1-4-8-20-16(25)12-24-9-6-14(7-10-24)23-18(19-3)21-11-15-13-26-17(5-2)22-15;/h13-14H,4-12H2,1-3H3,(H,20,25)(H2,19,21,23);1H. The predicted octanol–water partition coefficient (Wildman–Crippen LogP) is 1.98. The second kappa shape index (κ2) is 13.3. The molecule has 1 aromatic rings. The van der Waals surface area contributed by atoms with Crippen molar-refractivity contribution in [1.82, 2.24) is 25.8 Å². The largest absolute Gasteiger partial charge is 0.355 e. The smallest absolute Gasteiger partial charge is 0.234 e. The number of aliphatic imine (C=N–C) groups is 1. The third kappa shape index (κ3) is 8.73. The summed E-state index contributed by atoms with van der Waals surface area (Å²) >= 11 is 1.70. The van der Waals surface area contributed by atoms with E-state index in [0.717, 1.165) is 57.0 Å². The average Bonchev–Trinajstić information content (AvgIpc) is 3.13. The molecular formula is C18H33IN6OS. The molecule has 2 heterocycles. The number of nitrogens with zero attached hydrogens (tertiary/aromatic N) is 3. The van der Waals surface area contributed by atoms with Gasteiger partial charge in [0.15, 0.2) is 5.96 Å². The van der Waals surface area contributed by atoms with Crippen molar-refractivity contribution >= 4 is 47.2 Å². The zero-order chi connectivity index (χ0) is 18.8. The Hall–Kier alpha value is -0.940. The number of guanidine groups is 1. The molecule has 1 fully saturated rings. The minimum atomic E-state index is 0. The zero-order valence-electron chi connectivity index (χ0n) is 16.6. The number of halogens is 1. The molecule has 3 N–H and O–H groups in total. The van der Waals surface area contributed by atoms with E-state index in [1.54, 1.807) is 18.4 Å². The van der Waals surface area contributed by atoms with Crippen LogP contribution in [0.4, 0.5) is 0 Å². The minimum Gasteiger partial charge on any atom is -0.355 e. The molecule has 1 aliphatic heterocycles. The summed E-state index contributed by atoms with van der Waals surface area (Å²) in [5, 5.41) is 13.0. The maximum atomic E-state index is 11.8. The van der Waals surface area contributed by atoms with Crippen molar-refractivity contribution in [2.45, 2.75) is 52.1 Å². The number of carbonyl (C=O) groups excluding carboxylic acids is 1. The summed E-state index contributed by atoms with van der Waals surface area (Å²) in [6.45, 7) is 8.00. The van der Waals surface area contributed by atoms with Crippen LogP contribution in [0, 0.1) is 0 Å². The summed E-state index contributed by atoms with van der Waals surface area (Å²) < 4.78 is 0. The van der Waals surface area contributed by atoms with Gasteiger partial charge in [-0.05, 0) is 25.7 Å². The number of piperidine rings is 1. The van der Waals surface area contributed by atoms with Gasteiger partial charge in [-0.1, -0.05) is 13.8 Å². The van der Waals surface area contributed by atoms with Gasteiger partial charge in [-0.3, -0.25) is 14.7 Å². The van der Waals surface area contributed by atoms with Crippen LogP contribution in [-0.4, -0.2) is 61.0 Å². The molecule has 27 heavy (non-hydrogen) atoms. The summed E-state index contributed by atoms with van der Waals surface area (Å²) in [4.78, 5) is 22.9. The molecule has 0 unspecified atom stereocenters. The number of amides is 1. The number of carbonyl (C=O) groups is 1. The highest BCUT2D eigenvalue weighted by atomic mass is 127. The molecule has 0 spiro atoms. The Morgan fingerprint density at radius 3 is 2.67 bits per heavy atom. The normalized spacial score (nSPS) is 15.9. The number of aromatic nitrogens is 1. The third-order valence-electron chi connectivity index (χ3n) is 4.43. The van der Waals surface area contributed by atoms with Gasteiger partial charge in [0.1, 0.15) is 0 Å². The lowest BCUT2D eigenvalue weighted by molar-refractivity contribution is -0.122. The van der Waals surface area contributed by atoms with Crippen molar-refractivity contribution in [2.24, 2.45) is 4.99 Å². The van der Waals surface area contributed by atoms with Crippen LogP contribution >= 0.6 is 35.3 Å². The summed E-state index contributed by atoms with van der Waals surface area (Å²) in [5.41, 5.74) is 1.06. The molecule has 1 amide bonds. The second-order valence-corrected chi connectivity index (χ2v) is 7.50. The molecule has 0 bridgehead atoms. The lowest BCUT2D eigenvalue weighted by atomic mass is 10.1. The molecule has 0 atom stereocenters. The Labute approximate surface area is 183 Å². The van der Waals surface area contributed by atoms with Gasteiger partial charge in [-0.25, -0.2) is 4.98 Å². The Morgan fingerprint density at radius 2 is 2.07 bits per heavy atom. The maximum Gasteiger partial charge on any atom is 0.234 e. The van der Waals surface area contributed by atoms with E-state index >= 15 is 0 Å². The molecule has 7 nitrogen and oxygen atoms in total.